The standard InChI is InChI=1S/C12H13N3OS2.C9H14N4O2S/c1-3-17-12-14-6-8(11(13)15-12)9(16)10-7(2)4-5-18-10;1-4-16-9-11-5-6(7(10)12-9)8(14)13(2)15-3/h4-6H,3H2,1-2H3,(H2,13,14,15);5H,4H2,1-3H3,(H2,10,11,12). The number of hydrogen-bond donors (Lipinski definition) is 2. The van der Waals surface area contributed by atoms with Gasteiger partial charge in [-0.1, -0.05) is 37.4 Å². The van der Waals surface area contributed by atoms with Gasteiger partial charge in [-0.05, 0) is 35.4 Å². The molecule has 4 N–H and O–H groups in total. The number of aromatic nitrogens is 4. The summed E-state index contributed by atoms with van der Waals surface area (Å²) >= 11 is 4.37. The van der Waals surface area contributed by atoms with Crippen molar-refractivity contribution in [2.24, 2.45) is 0 Å². The Morgan fingerprint density at radius 2 is 1.56 bits per heavy atom. The first-order valence-electron chi connectivity index (χ1n) is 10.1. The molecule has 0 spiro atoms. The van der Waals surface area contributed by atoms with Gasteiger partial charge in [0, 0.05) is 19.4 Å². The number of rotatable bonds is 8. The SMILES string of the molecule is CCSc1ncc(C(=O)N(C)OC)c(N)n1.CCSc1ncc(C(=O)c2sccc2C)c(N)n1. The number of carbonyl (C=O) groups is 2. The first-order valence-corrected chi connectivity index (χ1v) is 13.0. The van der Waals surface area contributed by atoms with Crippen molar-refractivity contribution >= 4 is 58.2 Å². The summed E-state index contributed by atoms with van der Waals surface area (Å²) in [6.07, 6.45) is 2.93. The van der Waals surface area contributed by atoms with E-state index < -0.39 is 0 Å². The molecule has 0 fully saturated rings. The lowest BCUT2D eigenvalue weighted by atomic mass is 10.1. The average Bonchev–Trinajstić information content (AvgIpc) is 3.24. The normalized spacial score (nSPS) is 10.4. The summed E-state index contributed by atoms with van der Waals surface area (Å²) in [6, 6.07) is 1.91. The topological polar surface area (TPSA) is 150 Å². The Labute approximate surface area is 210 Å². The number of anilines is 2. The van der Waals surface area contributed by atoms with Gasteiger partial charge in [-0.2, -0.15) is 0 Å². The highest BCUT2D eigenvalue weighted by atomic mass is 32.2. The fourth-order valence-corrected chi connectivity index (χ4v) is 4.45. The van der Waals surface area contributed by atoms with Crippen molar-refractivity contribution in [3.8, 4) is 0 Å². The molecule has 0 radical (unpaired) electrons. The maximum atomic E-state index is 12.3. The molecule has 0 aliphatic carbocycles. The Balaban J connectivity index is 0.000000242. The zero-order valence-electron chi connectivity index (χ0n) is 19.6. The zero-order valence-corrected chi connectivity index (χ0v) is 22.0. The molecule has 0 saturated carbocycles. The van der Waals surface area contributed by atoms with Crippen LogP contribution in [0.3, 0.4) is 0 Å². The average molecular weight is 522 g/mol. The minimum Gasteiger partial charge on any atom is -0.383 e. The lowest BCUT2D eigenvalue weighted by molar-refractivity contribution is -0.0756. The van der Waals surface area contributed by atoms with E-state index in [9.17, 15) is 9.59 Å². The van der Waals surface area contributed by atoms with Gasteiger partial charge < -0.3 is 11.5 Å². The third kappa shape index (κ3) is 7.13. The van der Waals surface area contributed by atoms with E-state index in [1.54, 1.807) is 0 Å². The number of aryl methyl sites for hydroxylation is 1. The molecule has 3 aromatic heterocycles. The number of hydroxylamine groups is 2. The molecule has 10 nitrogen and oxygen atoms in total. The number of nitrogen functional groups attached to an aromatic ring is 2. The van der Waals surface area contributed by atoms with E-state index in [-0.39, 0.29) is 28.9 Å². The fourth-order valence-electron chi connectivity index (χ4n) is 2.47. The molecular weight excluding hydrogens is 494 g/mol. The summed E-state index contributed by atoms with van der Waals surface area (Å²) in [5.41, 5.74) is 13.1. The summed E-state index contributed by atoms with van der Waals surface area (Å²) in [5, 5.41) is 4.13. The minimum atomic E-state index is -0.368. The highest BCUT2D eigenvalue weighted by molar-refractivity contribution is 7.99. The Kier molecular flexibility index (Phi) is 10.7. The van der Waals surface area contributed by atoms with E-state index in [0.717, 1.165) is 22.1 Å². The Hall–Kier alpha value is -2.74. The molecule has 13 heteroatoms. The van der Waals surface area contributed by atoms with Crippen LogP contribution in [-0.4, -0.2) is 62.4 Å². The maximum Gasteiger partial charge on any atom is 0.282 e. The molecule has 1 amide bonds. The van der Waals surface area contributed by atoms with Crippen LogP contribution in [0.25, 0.3) is 0 Å². The van der Waals surface area contributed by atoms with Crippen LogP contribution in [0.15, 0.2) is 34.2 Å². The van der Waals surface area contributed by atoms with E-state index in [1.807, 2.05) is 32.2 Å². The summed E-state index contributed by atoms with van der Waals surface area (Å²) in [5.74, 6) is 1.67. The van der Waals surface area contributed by atoms with Crippen LogP contribution >= 0.6 is 34.9 Å². The molecule has 0 aliphatic rings. The first kappa shape index (κ1) is 27.5. The fraction of sp³-hybridized carbons (Fsp3) is 0.333. The predicted molar refractivity (Wildman–Crippen MR) is 137 cm³/mol. The van der Waals surface area contributed by atoms with Gasteiger partial charge in [-0.25, -0.2) is 25.0 Å². The van der Waals surface area contributed by atoms with Crippen molar-refractivity contribution < 1.29 is 14.4 Å². The molecule has 0 bridgehead atoms. The summed E-state index contributed by atoms with van der Waals surface area (Å²) in [6.45, 7) is 5.91. The third-order valence-electron chi connectivity index (χ3n) is 4.24. The lowest BCUT2D eigenvalue weighted by Crippen LogP contribution is -2.26. The van der Waals surface area contributed by atoms with Crippen molar-refractivity contribution in [1.82, 2.24) is 25.0 Å². The van der Waals surface area contributed by atoms with Crippen LogP contribution in [0.4, 0.5) is 11.6 Å². The van der Waals surface area contributed by atoms with Crippen LogP contribution in [0.1, 0.15) is 45.0 Å². The number of thioether (sulfide) groups is 2. The number of ketones is 1. The van der Waals surface area contributed by atoms with Crippen molar-refractivity contribution in [2.75, 3.05) is 37.1 Å². The highest BCUT2D eigenvalue weighted by Gasteiger charge is 2.18. The molecule has 0 unspecified atom stereocenters. The van der Waals surface area contributed by atoms with E-state index in [0.29, 0.717) is 20.8 Å². The van der Waals surface area contributed by atoms with Crippen molar-refractivity contribution in [3.05, 3.63) is 45.4 Å². The van der Waals surface area contributed by atoms with Gasteiger partial charge in [0.2, 0.25) is 5.78 Å². The van der Waals surface area contributed by atoms with Crippen molar-refractivity contribution in [2.45, 2.75) is 31.1 Å². The van der Waals surface area contributed by atoms with Crippen LogP contribution in [0.2, 0.25) is 0 Å². The molecule has 34 heavy (non-hydrogen) atoms. The number of nitrogens with two attached hydrogens (primary N) is 2. The van der Waals surface area contributed by atoms with Gasteiger partial charge in [0.1, 0.15) is 17.2 Å². The van der Waals surface area contributed by atoms with Gasteiger partial charge in [-0.3, -0.25) is 14.4 Å². The number of carbonyl (C=O) groups excluding carboxylic acids is 2. The predicted octanol–water partition coefficient (Wildman–Crippen LogP) is 3.58. The summed E-state index contributed by atoms with van der Waals surface area (Å²) in [7, 11) is 2.90. The number of hydrogen-bond acceptors (Lipinski definition) is 12. The lowest BCUT2D eigenvalue weighted by Gasteiger charge is -2.14. The van der Waals surface area contributed by atoms with Gasteiger partial charge in [0.05, 0.1) is 17.6 Å². The second-order valence-electron chi connectivity index (χ2n) is 6.52. The van der Waals surface area contributed by atoms with Crippen LogP contribution in [-0.2, 0) is 4.84 Å². The van der Waals surface area contributed by atoms with Crippen molar-refractivity contribution in [1.29, 1.82) is 0 Å². The van der Waals surface area contributed by atoms with E-state index in [1.165, 1.54) is 61.4 Å². The Bertz CT molecular complexity index is 1140. The monoisotopic (exact) mass is 521 g/mol. The largest absolute Gasteiger partial charge is 0.383 e. The second kappa shape index (κ2) is 13.2. The number of thiophene rings is 1. The molecule has 3 rings (SSSR count). The van der Waals surface area contributed by atoms with Crippen LogP contribution in [0.5, 0.6) is 0 Å². The molecular formula is C21H27N7O3S3. The molecule has 0 aromatic carbocycles. The van der Waals surface area contributed by atoms with Gasteiger partial charge >= 0.3 is 0 Å². The van der Waals surface area contributed by atoms with Gasteiger partial charge in [-0.15, -0.1) is 11.3 Å². The van der Waals surface area contributed by atoms with Crippen LogP contribution < -0.4 is 11.5 Å². The highest BCUT2D eigenvalue weighted by Crippen LogP contribution is 2.23. The van der Waals surface area contributed by atoms with E-state index >= 15 is 0 Å². The molecule has 0 atom stereocenters. The first-order chi connectivity index (χ1) is 16.2. The van der Waals surface area contributed by atoms with Crippen molar-refractivity contribution in [3.63, 3.8) is 0 Å². The van der Waals surface area contributed by atoms with Crippen LogP contribution in [0, 0.1) is 6.92 Å². The van der Waals surface area contributed by atoms with E-state index in [4.69, 9.17) is 16.3 Å². The molecule has 0 saturated heterocycles. The molecule has 3 aromatic rings. The van der Waals surface area contributed by atoms with Gasteiger partial charge in [0.15, 0.2) is 10.3 Å². The third-order valence-corrected chi connectivity index (χ3v) is 6.74. The molecule has 0 aliphatic heterocycles. The number of nitrogens with zero attached hydrogens (tertiary/aromatic N) is 5. The Morgan fingerprint density at radius 1 is 1.03 bits per heavy atom. The maximum absolute atomic E-state index is 12.3. The second-order valence-corrected chi connectivity index (χ2v) is 9.89. The zero-order chi connectivity index (χ0) is 25.3. The molecule has 3 heterocycles. The summed E-state index contributed by atoms with van der Waals surface area (Å²) < 4.78 is 0. The Morgan fingerprint density at radius 3 is 1.97 bits per heavy atom. The molecule has 182 valence electrons. The summed E-state index contributed by atoms with van der Waals surface area (Å²) in [4.78, 5) is 45.8. The van der Waals surface area contributed by atoms with E-state index in [2.05, 4.69) is 19.9 Å². The van der Waals surface area contributed by atoms with Gasteiger partial charge in [0.25, 0.3) is 5.91 Å². The number of amides is 1. The quantitative estimate of drug-likeness (QED) is 0.194. The minimum absolute atomic E-state index is 0.104. The smallest absolute Gasteiger partial charge is 0.282 e.